The van der Waals surface area contributed by atoms with Crippen LogP contribution in [0.3, 0.4) is 0 Å². The maximum Gasteiger partial charge on any atom is 0.416 e. The summed E-state index contributed by atoms with van der Waals surface area (Å²) in [4.78, 5) is 11.6. The molecule has 0 aromatic heterocycles. The van der Waals surface area contributed by atoms with Crippen molar-refractivity contribution in [3.63, 3.8) is 0 Å². The van der Waals surface area contributed by atoms with Crippen molar-refractivity contribution in [3.8, 4) is 0 Å². The average Bonchev–Trinajstić information content (AvgIpc) is 2.29. The Morgan fingerprint density at radius 2 is 1.80 bits per heavy atom. The fraction of sp³-hybridized carbons (Fsp3) is 0.462. The lowest BCUT2D eigenvalue weighted by atomic mass is 10.1. The molecule has 0 aliphatic rings. The molecule has 1 rings (SSSR count). The lowest BCUT2D eigenvalue weighted by Crippen LogP contribution is -2.41. The molecule has 0 fully saturated rings. The maximum atomic E-state index is 13.6. The van der Waals surface area contributed by atoms with Gasteiger partial charge in [-0.2, -0.15) is 13.2 Å². The largest absolute Gasteiger partial charge is 0.416 e. The van der Waals surface area contributed by atoms with Gasteiger partial charge in [-0.15, -0.1) is 0 Å². The zero-order chi connectivity index (χ0) is 15.5. The first-order valence-corrected chi connectivity index (χ1v) is 6.05. The van der Waals surface area contributed by atoms with Crippen molar-refractivity contribution < 1.29 is 22.4 Å². The van der Waals surface area contributed by atoms with E-state index < -0.39 is 23.6 Å². The molecule has 1 aromatic carbocycles. The van der Waals surface area contributed by atoms with Gasteiger partial charge in [0.15, 0.2) is 0 Å². The van der Waals surface area contributed by atoms with Crippen LogP contribution in [0.2, 0.25) is 0 Å². The zero-order valence-corrected chi connectivity index (χ0v) is 11.3. The molecule has 7 heteroatoms. The number of benzene rings is 1. The summed E-state index contributed by atoms with van der Waals surface area (Å²) in [7, 11) is 0. The highest BCUT2D eigenvalue weighted by Gasteiger charge is 2.31. The van der Waals surface area contributed by atoms with E-state index in [2.05, 4.69) is 10.6 Å². The number of hydrogen-bond donors (Lipinski definition) is 2. The number of carbonyl (C=O) groups excluding carboxylic acids is 1. The molecule has 0 bridgehead atoms. The van der Waals surface area contributed by atoms with E-state index in [0.717, 1.165) is 12.1 Å². The number of nitrogens with one attached hydrogen (secondary N) is 2. The number of hydrogen-bond acceptors (Lipinski definition) is 2. The second-order valence-electron chi connectivity index (χ2n) is 4.72. The molecular formula is C13H16F4N2O. The van der Waals surface area contributed by atoms with E-state index in [1.807, 2.05) is 0 Å². The third-order valence-electron chi connectivity index (χ3n) is 2.49. The van der Waals surface area contributed by atoms with Gasteiger partial charge in [-0.1, -0.05) is 0 Å². The summed E-state index contributed by atoms with van der Waals surface area (Å²) in [6, 6.07) is 1.29. The van der Waals surface area contributed by atoms with Crippen molar-refractivity contribution >= 4 is 11.6 Å². The molecule has 20 heavy (non-hydrogen) atoms. The number of amides is 1. The Kier molecular flexibility index (Phi) is 4.97. The van der Waals surface area contributed by atoms with E-state index in [-0.39, 0.29) is 17.6 Å². The number of halogens is 4. The van der Waals surface area contributed by atoms with Gasteiger partial charge in [0.2, 0.25) is 5.91 Å². The van der Waals surface area contributed by atoms with Crippen molar-refractivity contribution in [1.82, 2.24) is 5.32 Å². The fourth-order valence-corrected chi connectivity index (χ4v) is 1.52. The van der Waals surface area contributed by atoms with Crippen LogP contribution in [0.25, 0.3) is 0 Å². The molecule has 1 aromatic rings. The van der Waals surface area contributed by atoms with Crippen LogP contribution < -0.4 is 10.6 Å². The van der Waals surface area contributed by atoms with Gasteiger partial charge >= 0.3 is 6.18 Å². The van der Waals surface area contributed by atoms with E-state index >= 15 is 0 Å². The van der Waals surface area contributed by atoms with Crippen LogP contribution in [0.15, 0.2) is 18.2 Å². The van der Waals surface area contributed by atoms with E-state index in [0.29, 0.717) is 6.07 Å². The van der Waals surface area contributed by atoms with Crippen LogP contribution in [-0.2, 0) is 11.0 Å². The molecule has 112 valence electrons. The lowest BCUT2D eigenvalue weighted by Gasteiger charge is -2.18. The number of alkyl halides is 3. The van der Waals surface area contributed by atoms with E-state index in [9.17, 15) is 22.4 Å². The molecule has 1 unspecified atom stereocenters. The third kappa shape index (κ3) is 4.40. The molecular weight excluding hydrogens is 276 g/mol. The third-order valence-corrected chi connectivity index (χ3v) is 2.49. The SMILES string of the molecule is CC(C)NC(=O)C(C)Nc1ccc(C(F)(F)F)cc1F. The monoisotopic (exact) mass is 292 g/mol. The molecule has 1 amide bonds. The summed E-state index contributed by atoms with van der Waals surface area (Å²) < 4.78 is 50.7. The Balaban J connectivity index is 2.81. The number of carbonyl (C=O) groups is 1. The van der Waals surface area contributed by atoms with Gasteiger partial charge < -0.3 is 10.6 Å². The second-order valence-corrected chi connectivity index (χ2v) is 4.72. The van der Waals surface area contributed by atoms with Gasteiger partial charge in [0.1, 0.15) is 11.9 Å². The quantitative estimate of drug-likeness (QED) is 0.837. The van der Waals surface area contributed by atoms with Gasteiger partial charge in [-0.05, 0) is 39.0 Å². The van der Waals surface area contributed by atoms with Crippen LogP contribution in [0.4, 0.5) is 23.2 Å². The van der Waals surface area contributed by atoms with E-state index in [4.69, 9.17) is 0 Å². The molecule has 3 nitrogen and oxygen atoms in total. The van der Waals surface area contributed by atoms with Crippen molar-refractivity contribution in [2.75, 3.05) is 5.32 Å². The number of rotatable bonds is 4. The normalized spacial score (nSPS) is 13.2. The minimum absolute atomic E-state index is 0.0794. The summed E-state index contributed by atoms with van der Waals surface area (Å²) in [5.74, 6) is -1.41. The maximum absolute atomic E-state index is 13.6. The zero-order valence-electron chi connectivity index (χ0n) is 11.3. The smallest absolute Gasteiger partial charge is 0.372 e. The summed E-state index contributed by atoms with van der Waals surface area (Å²) in [6.45, 7) is 5.03. The van der Waals surface area contributed by atoms with Crippen LogP contribution in [0.1, 0.15) is 26.3 Å². The predicted octanol–water partition coefficient (Wildman–Crippen LogP) is 3.17. The molecule has 0 spiro atoms. The Hall–Kier alpha value is -1.79. The molecule has 0 saturated heterocycles. The van der Waals surface area contributed by atoms with E-state index in [1.54, 1.807) is 13.8 Å². The van der Waals surface area contributed by atoms with Crippen LogP contribution in [0, 0.1) is 5.82 Å². The Morgan fingerprint density at radius 1 is 1.20 bits per heavy atom. The van der Waals surface area contributed by atoms with Crippen LogP contribution in [-0.4, -0.2) is 18.0 Å². The molecule has 2 N–H and O–H groups in total. The molecule has 0 saturated carbocycles. The molecule has 0 radical (unpaired) electrons. The molecule has 0 heterocycles. The Bertz CT molecular complexity index is 486. The minimum Gasteiger partial charge on any atom is -0.372 e. The first kappa shape index (κ1) is 16.3. The first-order chi connectivity index (χ1) is 9.11. The second kappa shape index (κ2) is 6.11. The highest BCUT2D eigenvalue weighted by Crippen LogP contribution is 2.31. The summed E-state index contributed by atoms with van der Waals surface area (Å²) in [5.41, 5.74) is -1.22. The highest BCUT2D eigenvalue weighted by atomic mass is 19.4. The first-order valence-electron chi connectivity index (χ1n) is 6.05. The molecule has 0 aliphatic carbocycles. The van der Waals surface area contributed by atoms with Crippen LogP contribution >= 0.6 is 0 Å². The number of anilines is 1. The summed E-state index contributed by atoms with van der Waals surface area (Å²) in [6.07, 6.45) is -4.60. The standard InChI is InChI=1S/C13H16F4N2O/c1-7(2)18-12(20)8(3)19-11-5-4-9(6-10(11)14)13(15,16)17/h4-8,19H,1-3H3,(H,18,20). The van der Waals surface area contributed by atoms with Gasteiger partial charge in [0.05, 0.1) is 11.3 Å². The molecule has 0 aliphatic heterocycles. The van der Waals surface area contributed by atoms with E-state index in [1.165, 1.54) is 6.92 Å². The fourth-order valence-electron chi connectivity index (χ4n) is 1.52. The lowest BCUT2D eigenvalue weighted by molar-refractivity contribution is -0.137. The van der Waals surface area contributed by atoms with Crippen molar-refractivity contribution in [3.05, 3.63) is 29.6 Å². The van der Waals surface area contributed by atoms with Gasteiger partial charge in [-0.25, -0.2) is 4.39 Å². The Labute approximate surface area is 114 Å². The van der Waals surface area contributed by atoms with Gasteiger partial charge in [-0.3, -0.25) is 4.79 Å². The molecule has 1 atom stereocenters. The minimum atomic E-state index is -4.60. The predicted molar refractivity (Wildman–Crippen MR) is 67.8 cm³/mol. The Morgan fingerprint density at radius 3 is 2.25 bits per heavy atom. The van der Waals surface area contributed by atoms with Gasteiger partial charge in [0.25, 0.3) is 0 Å². The topological polar surface area (TPSA) is 41.1 Å². The van der Waals surface area contributed by atoms with Crippen LogP contribution in [0.5, 0.6) is 0 Å². The highest BCUT2D eigenvalue weighted by molar-refractivity contribution is 5.84. The van der Waals surface area contributed by atoms with Crippen molar-refractivity contribution in [1.29, 1.82) is 0 Å². The van der Waals surface area contributed by atoms with Crippen molar-refractivity contribution in [2.45, 2.75) is 39.0 Å². The summed E-state index contributed by atoms with van der Waals surface area (Å²) in [5, 5.41) is 5.15. The summed E-state index contributed by atoms with van der Waals surface area (Å²) >= 11 is 0. The van der Waals surface area contributed by atoms with Gasteiger partial charge in [0, 0.05) is 6.04 Å². The average molecular weight is 292 g/mol. The van der Waals surface area contributed by atoms with Crippen molar-refractivity contribution in [2.24, 2.45) is 0 Å².